The minimum absolute atomic E-state index is 0. The lowest BCUT2D eigenvalue weighted by atomic mass is 9.86. The molecule has 0 spiro atoms. The summed E-state index contributed by atoms with van der Waals surface area (Å²) in [6.07, 6.45) is -4.65. The second kappa shape index (κ2) is 51.0. The summed E-state index contributed by atoms with van der Waals surface area (Å²) in [6.45, 7) is 26.6. The molecule has 0 saturated heterocycles. The van der Waals surface area contributed by atoms with E-state index < -0.39 is 102 Å². The van der Waals surface area contributed by atoms with Crippen LogP contribution in [-0.2, 0) is 80.9 Å². The molecule has 28 nitrogen and oxygen atoms in total. The van der Waals surface area contributed by atoms with Crippen molar-refractivity contribution in [3.63, 3.8) is 0 Å². The molecule has 103 heavy (non-hydrogen) atoms. The number of nitrogens with zero attached hydrogens (tertiary/aromatic N) is 1. The fraction of sp³-hybridized carbons (Fsp3) is 0.413. The highest BCUT2D eigenvalue weighted by molar-refractivity contribution is 5.90. The van der Waals surface area contributed by atoms with Crippen LogP contribution in [0.1, 0.15) is 76.2 Å². The minimum atomic E-state index is -1.30. The molecule has 4 rings (SSSR count). The van der Waals surface area contributed by atoms with Crippen LogP contribution in [0.15, 0.2) is 182 Å². The van der Waals surface area contributed by atoms with Crippen molar-refractivity contribution in [2.75, 3.05) is 92.4 Å². The molecule has 4 aromatic rings. The van der Waals surface area contributed by atoms with Gasteiger partial charge in [-0.05, 0) is 110 Å². The first-order valence-corrected chi connectivity index (χ1v) is 31.4. The van der Waals surface area contributed by atoms with Crippen molar-refractivity contribution in [1.82, 2.24) is 10.6 Å². The zero-order valence-corrected chi connectivity index (χ0v) is 57.9. The lowest BCUT2D eigenvalue weighted by Gasteiger charge is -2.25. The molecule has 4 unspecified atom stereocenters. The third-order valence-corrected chi connectivity index (χ3v) is 12.6. The third kappa shape index (κ3) is 41.9. The summed E-state index contributed by atoms with van der Waals surface area (Å²) in [6, 6.07) is 35.3. The normalized spacial score (nSPS) is 11.4. The molecule has 0 bridgehead atoms. The van der Waals surface area contributed by atoms with E-state index in [1.807, 2.05) is 12.1 Å². The number of nitrogens with one attached hydrogen (secondary N) is 2. The average molecular weight is 1440 g/mol. The molecule has 0 aromatic heterocycles. The molecule has 0 aliphatic carbocycles. The summed E-state index contributed by atoms with van der Waals surface area (Å²) in [5, 5.41) is 32.8. The zero-order chi connectivity index (χ0) is 75.2. The number of carbonyl (C=O) groups excluding carboxylic acids is 9. The lowest BCUT2D eigenvalue weighted by Crippen LogP contribution is -2.38. The van der Waals surface area contributed by atoms with Gasteiger partial charge >= 0.3 is 54.0 Å². The van der Waals surface area contributed by atoms with Gasteiger partial charge in [-0.1, -0.05) is 121 Å². The van der Waals surface area contributed by atoms with Gasteiger partial charge < -0.3 is 87.2 Å². The van der Waals surface area contributed by atoms with E-state index in [1.165, 1.54) is 34.0 Å². The van der Waals surface area contributed by atoms with E-state index in [0.29, 0.717) is 28.6 Å². The van der Waals surface area contributed by atoms with Crippen molar-refractivity contribution in [3.05, 3.63) is 182 Å². The number of ether oxygens (including phenoxy) is 14. The topological polar surface area (TPSA) is 371 Å². The predicted octanol–water partition coefficient (Wildman–Crippen LogP) is 9.43. The molecule has 0 radical (unpaired) electrons. The molecule has 4 aromatic carbocycles. The van der Waals surface area contributed by atoms with E-state index in [1.54, 1.807) is 130 Å². The lowest BCUT2D eigenvalue weighted by molar-refractivity contribution is -0.158. The van der Waals surface area contributed by atoms with Crippen LogP contribution in [0, 0.1) is 22.3 Å². The first kappa shape index (κ1) is 91.8. The predicted molar refractivity (Wildman–Crippen MR) is 378 cm³/mol. The van der Waals surface area contributed by atoms with Gasteiger partial charge in [0.1, 0.15) is 114 Å². The molecule has 4 N–H and O–H groups in total. The van der Waals surface area contributed by atoms with Gasteiger partial charge in [-0.3, -0.25) is 9.59 Å². The highest BCUT2D eigenvalue weighted by Crippen LogP contribution is 2.29. The fourth-order valence-electron chi connectivity index (χ4n) is 7.36. The van der Waals surface area contributed by atoms with Gasteiger partial charge in [0, 0.05) is 27.9 Å². The molecular weight excluding hydrogens is 1340 g/mol. The van der Waals surface area contributed by atoms with E-state index in [0.717, 1.165) is 0 Å². The van der Waals surface area contributed by atoms with Crippen LogP contribution >= 0.6 is 0 Å². The van der Waals surface area contributed by atoms with E-state index in [-0.39, 0.29) is 129 Å². The first-order valence-electron chi connectivity index (χ1n) is 31.4. The van der Waals surface area contributed by atoms with Crippen LogP contribution in [0.25, 0.3) is 0 Å². The van der Waals surface area contributed by atoms with Crippen LogP contribution in [0.4, 0.5) is 9.59 Å². The number of para-hydroxylation sites is 4. The summed E-state index contributed by atoms with van der Waals surface area (Å²) in [4.78, 5) is 110. The van der Waals surface area contributed by atoms with Crippen molar-refractivity contribution in [1.29, 1.82) is 5.26 Å². The van der Waals surface area contributed by atoms with Gasteiger partial charge in [0.25, 0.3) is 6.26 Å². The number of nitriles is 1. The number of amides is 2. The van der Waals surface area contributed by atoms with Crippen molar-refractivity contribution in [2.45, 2.75) is 101 Å². The zero-order valence-electron chi connectivity index (χ0n) is 57.9. The standard InChI is InChI=1S/C40H50N2O14.C26H32O8.C7H9NO3.2CH4/c1-27(2)34(43)49-20-18-41-38(47)55-32(23-51-30-14-10-8-11-15-30)25-53-36(45)29(5)22-40(6,7)37(46)54-26-33(24-52-31-16-12-9-13-17-31)56-39(48)42-19-21-50-35(44)28(3)4;1-19(24(29)33-17-20(27)15-31-22-10-6-4-7-11-22)14-26(2,3)25(30)34-18-21(28)16-32-23-12-8-5-9-13-23;1-6(2)7(9)11-4-3-10-5-8;;/h8-17,32-33H,1,3,5,18-26H2,2,4,6-7H3,(H,41,47)(H,42,48);4-13,20-21,27-28H,1,14-18H2,2-3H3;1,3-4H2,2H3;2*1H4. The highest BCUT2D eigenvalue weighted by atomic mass is 16.6. The third-order valence-electron chi connectivity index (χ3n) is 12.6. The Morgan fingerprint density at radius 1 is 0.408 bits per heavy atom. The largest absolute Gasteiger partial charge is 0.491 e. The van der Waals surface area contributed by atoms with E-state index in [2.05, 4.69) is 53.0 Å². The van der Waals surface area contributed by atoms with Crippen molar-refractivity contribution in [2.24, 2.45) is 10.8 Å². The molecule has 0 aliphatic rings. The Balaban J connectivity index is 0.00000187. The maximum atomic E-state index is 13.2. The number of rotatable bonds is 42. The van der Waals surface area contributed by atoms with Crippen LogP contribution in [0.5, 0.6) is 23.0 Å². The number of alkyl carbamates (subject to hydrolysis) is 2. The number of benzene rings is 4. The van der Waals surface area contributed by atoms with Gasteiger partial charge in [-0.25, -0.2) is 33.6 Å². The molecule has 564 valence electrons. The van der Waals surface area contributed by atoms with Crippen molar-refractivity contribution in [3.8, 4) is 29.3 Å². The van der Waals surface area contributed by atoms with Gasteiger partial charge in [0.2, 0.25) is 0 Å². The SMILES string of the molecule is C.C.C=C(C)C(=O)OCCNC(=O)OC(COC(=O)C(=C)CC(C)(C)C(=O)OCC(COc1ccccc1)OC(=O)NCCOC(=O)C(=C)C)COc1ccccc1.C=C(C)C(=O)OCCOC#N.C=C(CC(C)(C)C(=O)OCC(O)COc1ccccc1)C(=O)OCC(O)COc1ccccc1. The van der Waals surface area contributed by atoms with Crippen LogP contribution < -0.4 is 29.6 Å². The molecule has 0 fully saturated rings. The Morgan fingerprint density at radius 3 is 1.03 bits per heavy atom. The smallest absolute Gasteiger partial charge is 0.407 e. The van der Waals surface area contributed by atoms with Gasteiger partial charge in [0.05, 0.1) is 23.9 Å². The Bertz CT molecular complexity index is 3350. The minimum Gasteiger partial charge on any atom is -0.491 e. The van der Waals surface area contributed by atoms with Gasteiger partial charge in [0.15, 0.2) is 12.2 Å². The average Bonchev–Trinajstić information content (AvgIpc) is 0.863. The van der Waals surface area contributed by atoms with E-state index in [9.17, 15) is 53.4 Å². The summed E-state index contributed by atoms with van der Waals surface area (Å²) >= 11 is 0. The number of hydrogen-bond acceptors (Lipinski definition) is 26. The summed E-state index contributed by atoms with van der Waals surface area (Å²) in [7, 11) is 0. The Hall–Kier alpha value is -11.2. The quantitative estimate of drug-likeness (QED) is 0.0105. The summed E-state index contributed by atoms with van der Waals surface area (Å²) in [5.41, 5.74) is -1.64. The van der Waals surface area contributed by atoms with E-state index in [4.69, 9.17) is 62.1 Å². The van der Waals surface area contributed by atoms with Crippen molar-refractivity contribution >= 4 is 54.0 Å². The molecule has 4 atom stereocenters. The highest BCUT2D eigenvalue weighted by Gasteiger charge is 2.35. The van der Waals surface area contributed by atoms with Crippen LogP contribution in [0.2, 0.25) is 0 Å². The second-order valence-corrected chi connectivity index (χ2v) is 23.1. The van der Waals surface area contributed by atoms with Crippen LogP contribution in [-0.4, -0.2) is 181 Å². The first-order chi connectivity index (χ1) is 47.9. The van der Waals surface area contributed by atoms with Crippen LogP contribution in [0.3, 0.4) is 0 Å². The second-order valence-electron chi connectivity index (χ2n) is 23.1. The Morgan fingerprint density at radius 2 is 0.699 bits per heavy atom. The Labute approximate surface area is 602 Å². The fourth-order valence-corrected chi connectivity index (χ4v) is 7.36. The number of aliphatic hydroxyl groups is 2. The Kier molecular flexibility index (Phi) is 45.5. The summed E-state index contributed by atoms with van der Waals surface area (Å²) < 4.78 is 72.9. The maximum absolute atomic E-state index is 13.2. The van der Waals surface area contributed by atoms with Gasteiger partial charge in [-0.15, -0.1) is 0 Å². The molecule has 28 heteroatoms. The molecule has 0 saturated carbocycles. The molecular formula is C75H99N3O25. The number of carbonyl (C=O) groups is 9. The van der Waals surface area contributed by atoms with E-state index >= 15 is 0 Å². The van der Waals surface area contributed by atoms with Crippen molar-refractivity contribution < 1.29 is 120 Å². The number of hydrogen-bond donors (Lipinski definition) is 4. The molecule has 0 aliphatic heterocycles. The molecule has 0 heterocycles. The number of aliphatic hydroxyl groups excluding tert-OH is 2. The summed E-state index contributed by atoms with van der Waals surface area (Å²) in [5.74, 6) is -2.47. The van der Waals surface area contributed by atoms with Gasteiger partial charge in [-0.2, -0.15) is 5.26 Å². The molecule has 2 amide bonds. The monoisotopic (exact) mass is 1440 g/mol. The number of esters is 7. The maximum Gasteiger partial charge on any atom is 0.407 e.